The number of fused-ring (bicyclic) bond motifs is 1. The van der Waals surface area contributed by atoms with E-state index in [2.05, 4.69) is 68.0 Å². The minimum Gasteiger partial charge on any atom is -0.368 e. The second kappa shape index (κ2) is 7.69. The van der Waals surface area contributed by atoms with Gasteiger partial charge in [0.1, 0.15) is 0 Å². The average molecular weight is 358 g/mol. The Morgan fingerprint density at radius 2 is 1.92 bits per heavy atom. The largest absolute Gasteiger partial charge is 0.368 e. The van der Waals surface area contributed by atoms with Crippen molar-refractivity contribution in [3.8, 4) is 0 Å². The molecule has 1 saturated carbocycles. The van der Waals surface area contributed by atoms with Crippen molar-refractivity contribution in [3.05, 3.63) is 35.9 Å². The number of likely N-dealkylation sites (tertiary alicyclic amines) is 1. The Balaban J connectivity index is 1.65. The van der Waals surface area contributed by atoms with Crippen molar-refractivity contribution >= 4 is 5.91 Å². The zero-order valence-electron chi connectivity index (χ0n) is 16.8. The summed E-state index contributed by atoms with van der Waals surface area (Å²) in [6.45, 7) is 9.91. The van der Waals surface area contributed by atoms with Crippen LogP contribution in [0.3, 0.4) is 0 Å². The van der Waals surface area contributed by atoms with Gasteiger partial charge in [-0.25, -0.2) is 0 Å². The summed E-state index contributed by atoms with van der Waals surface area (Å²) in [5.74, 6) is 1.24. The van der Waals surface area contributed by atoms with E-state index in [1.165, 1.54) is 24.9 Å². The van der Waals surface area contributed by atoms with Gasteiger partial charge in [0.2, 0.25) is 5.91 Å². The first kappa shape index (κ1) is 19.4. The molecule has 2 fully saturated rings. The number of rotatable bonds is 6. The molecule has 144 valence electrons. The number of nitrogens with two attached hydrogens (primary N) is 1. The zero-order valence-corrected chi connectivity index (χ0v) is 16.8. The van der Waals surface area contributed by atoms with Crippen LogP contribution >= 0.6 is 0 Å². The lowest BCUT2D eigenvalue weighted by atomic mass is 9.86. The van der Waals surface area contributed by atoms with Gasteiger partial charge < -0.3 is 5.73 Å². The van der Waals surface area contributed by atoms with Gasteiger partial charge in [-0.15, -0.1) is 0 Å². The van der Waals surface area contributed by atoms with Crippen LogP contribution in [-0.4, -0.2) is 47.9 Å². The van der Waals surface area contributed by atoms with Gasteiger partial charge in [0.05, 0.1) is 6.04 Å². The molecular formula is C22H35N3O. The highest BCUT2D eigenvalue weighted by Gasteiger charge is 2.46. The number of amides is 1. The first-order chi connectivity index (χ1) is 12.2. The molecule has 1 heterocycles. The predicted octanol–water partition coefficient (Wildman–Crippen LogP) is 3.12. The van der Waals surface area contributed by atoms with E-state index >= 15 is 0 Å². The maximum Gasteiger partial charge on any atom is 0.234 e. The summed E-state index contributed by atoms with van der Waals surface area (Å²) in [5, 5.41) is 0. The Bertz CT molecular complexity index is 610. The molecule has 4 nitrogen and oxygen atoms in total. The van der Waals surface area contributed by atoms with Gasteiger partial charge in [-0.3, -0.25) is 14.6 Å². The third kappa shape index (κ3) is 4.47. The SMILES string of the molecule is CN([C@@H]1CC[C@H]2CN(Cc3ccccc3)C[C@H]21)[C@@H](CC(C)(C)C)C(N)=O. The van der Waals surface area contributed by atoms with Crippen LogP contribution in [0.15, 0.2) is 30.3 Å². The Kier molecular flexibility index (Phi) is 5.73. The van der Waals surface area contributed by atoms with Gasteiger partial charge in [-0.05, 0) is 49.1 Å². The monoisotopic (exact) mass is 357 g/mol. The average Bonchev–Trinajstić information content (AvgIpc) is 3.12. The fraction of sp³-hybridized carbons (Fsp3) is 0.682. The first-order valence-electron chi connectivity index (χ1n) is 10.0. The molecule has 0 radical (unpaired) electrons. The van der Waals surface area contributed by atoms with E-state index < -0.39 is 0 Å². The Morgan fingerprint density at radius 3 is 2.54 bits per heavy atom. The maximum absolute atomic E-state index is 12.1. The maximum atomic E-state index is 12.1. The molecule has 26 heavy (non-hydrogen) atoms. The molecule has 1 amide bonds. The van der Waals surface area contributed by atoms with Crippen molar-refractivity contribution < 1.29 is 4.79 Å². The molecule has 0 spiro atoms. The lowest BCUT2D eigenvalue weighted by Crippen LogP contribution is -2.51. The molecule has 4 heteroatoms. The molecule has 1 aromatic carbocycles. The molecule has 0 bridgehead atoms. The van der Waals surface area contributed by atoms with E-state index in [0.717, 1.165) is 25.4 Å². The molecule has 1 aliphatic carbocycles. The lowest BCUT2D eigenvalue weighted by molar-refractivity contribution is -0.125. The number of hydrogen-bond acceptors (Lipinski definition) is 3. The van der Waals surface area contributed by atoms with Crippen molar-refractivity contribution in [1.29, 1.82) is 0 Å². The highest BCUT2D eigenvalue weighted by Crippen LogP contribution is 2.42. The van der Waals surface area contributed by atoms with E-state index in [-0.39, 0.29) is 17.4 Å². The van der Waals surface area contributed by atoms with E-state index in [1.807, 2.05) is 0 Å². The summed E-state index contributed by atoms with van der Waals surface area (Å²) in [4.78, 5) is 17.0. The fourth-order valence-electron chi connectivity index (χ4n) is 5.06. The minimum atomic E-state index is -0.176. The van der Waals surface area contributed by atoms with E-state index in [0.29, 0.717) is 12.0 Å². The van der Waals surface area contributed by atoms with Crippen molar-refractivity contribution in [2.75, 3.05) is 20.1 Å². The summed E-state index contributed by atoms with van der Waals surface area (Å²) in [6, 6.07) is 11.0. The highest BCUT2D eigenvalue weighted by atomic mass is 16.1. The van der Waals surface area contributed by atoms with Crippen molar-refractivity contribution in [1.82, 2.24) is 9.80 Å². The number of carbonyl (C=O) groups excluding carboxylic acids is 1. The second-order valence-corrected chi connectivity index (χ2v) is 9.60. The predicted molar refractivity (Wildman–Crippen MR) is 107 cm³/mol. The van der Waals surface area contributed by atoms with Gasteiger partial charge in [0.25, 0.3) is 0 Å². The number of likely N-dealkylation sites (N-methyl/N-ethyl adjacent to an activating group) is 1. The fourth-order valence-corrected chi connectivity index (χ4v) is 5.06. The van der Waals surface area contributed by atoms with Crippen LogP contribution in [-0.2, 0) is 11.3 Å². The third-order valence-corrected chi connectivity index (χ3v) is 6.29. The van der Waals surface area contributed by atoms with Crippen LogP contribution in [0, 0.1) is 17.3 Å². The molecule has 1 aromatic rings. The summed E-state index contributed by atoms with van der Waals surface area (Å²) in [7, 11) is 2.12. The molecule has 0 unspecified atom stereocenters. The van der Waals surface area contributed by atoms with Crippen molar-refractivity contribution in [3.63, 3.8) is 0 Å². The molecule has 1 aliphatic heterocycles. The van der Waals surface area contributed by atoms with Gasteiger partial charge in [-0.2, -0.15) is 0 Å². The second-order valence-electron chi connectivity index (χ2n) is 9.60. The molecule has 2 N–H and O–H groups in total. The molecule has 4 atom stereocenters. The topological polar surface area (TPSA) is 49.6 Å². The van der Waals surface area contributed by atoms with Crippen LogP contribution in [0.4, 0.5) is 0 Å². The van der Waals surface area contributed by atoms with Gasteiger partial charge >= 0.3 is 0 Å². The molecule has 1 saturated heterocycles. The van der Waals surface area contributed by atoms with Crippen LogP contribution in [0.2, 0.25) is 0 Å². The van der Waals surface area contributed by atoms with Crippen LogP contribution < -0.4 is 5.73 Å². The van der Waals surface area contributed by atoms with Gasteiger partial charge in [0.15, 0.2) is 0 Å². The summed E-state index contributed by atoms with van der Waals surface area (Å²) < 4.78 is 0. The smallest absolute Gasteiger partial charge is 0.234 e. The Labute approximate surface area is 158 Å². The number of benzene rings is 1. The number of hydrogen-bond donors (Lipinski definition) is 1. The third-order valence-electron chi connectivity index (χ3n) is 6.29. The molecule has 0 aromatic heterocycles. The van der Waals surface area contributed by atoms with Crippen LogP contribution in [0.1, 0.15) is 45.6 Å². The lowest BCUT2D eigenvalue weighted by Gasteiger charge is -2.37. The van der Waals surface area contributed by atoms with E-state index in [9.17, 15) is 4.79 Å². The molecular weight excluding hydrogens is 322 g/mol. The zero-order chi connectivity index (χ0) is 18.9. The molecule has 2 aliphatic rings. The van der Waals surface area contributed by atoms with Crippen molar-refractivity contribution in [2.24, 2.45) is 23.0 Å². The van der Waals surface area contributed by atoms with E-state index in [1.54, 1.807) is 0 Å². The number of nitrogens with zero attached hydrogens (tertiary/aromatic N) is 2. The normalized spacial score (nSPS) is 27.7. The standard InChI is InChI=1S/C22H35N3O/c1-22(2,3)12-20(21(23)26)24(4)19-11-10-17-14-25(15-18(17)19)13-16-8-6-5-7-9-16/h5-9,17-20H,10-15H2,1-4H3,(H2,23,26)/t17-,18+,19+,20-/m0/s1. The summed E-state index contributed by atoms with van der Waals surface area (Å²) in [6.07, 6.45) is 3.28. The summed E-state index contributed by atoms with van der Waals surface area (Å²) in [5.41, 5.74) is 7.28. The van der Waals surface area contributed by atoms with Crippen LogP contribution in [0.25, 0.3) is 0 Å². The summed E-state index contributed by atoms with van der Waals surface area (Å²) >= 11 is 0. The van der Waals surface area contributed by atoms with Crippen LogP contribution in [0.5, 0.6) is 0 Å². The van der Waals surface area contributed by atoms with Gasteiger partial charge in [-0.1, -0.05) is 51.1 Å². The van der Waals surface area contributed by atoms with E-state index in [4.69, 9.17) is 5.73 Å². The van der Waals surface area contributed by atoms with Gasteiger partial charge in [0, 0.05) is 25.7 Å². The van der Waals surface area contributed by atoms with Crippen molar-refractivity contribution in [2.45, 2.75) is 58.7 Å². The highest BCUT2D eigenvalue weighted by molar-refractivity contribution is 5.79. The Hall–Kier alpha value is -1.39. The molecule has 3 rings (SSSR count). The minimum absolute atomic E-state index is 0.0982. The number of carbonyl (C=O) groups is 1. The first-order valence-corrected chi connectivity index (χ1v) is 10.0. The number of primary amides is 1. The Morgan fingerprint density at radius 1 is 1.23 bits per heavy atom. The quantitative estimate of drug-likeness (QED) is 0.851.